The molecule has 2 rings (SSSR count). The first-order valence-corrected chi connectivity index (χ1v) is 6.45. The van der Waals surface area contributed by atoms with Crippen molar-refractivity contribution in [1.82, 2.24) is 9.88 Å². The number of pyridine rings is 1. The quantitative estimate of drug-likeness (QED) is 0.828. The lowest BCUT2D eigenvalue weighted by molar-refractivity contribution is 0.210. The summed E-state index contributed by atoms with van der Waals surface area (Å²) >= 11 is 0. The van der Waals surface area contributed by atoms with E-state index in [1.165, 1.54) is 0 Å². The zero-order chi connectivity index (χ0) is 14.0. The van der Waals surface area contributed by atoms with E-state index in [1.807, 2.05) is 24.4 Å². The maximum Gasteiger partial charge on any atom is 0.0423 e. The molecular formula is C15H22N4. The number of rotatable bonds is 4. The standard InChI is InChI=1S/C15H22N4/c1-15(2,19(3)4)10-18-14-6-5-13(16)12-9-17-8-7-11(12)14/h5-9,18H,10,16H2,1-4H3. The molecule has 1 aromatic heterocycles. The molecule has 0 atom stereocenters. The molecule has 0 fully saturated rings. The topological polar surface area (TPSA) is 54.2 Å². The molecule has 1 aromatic carbocycles. The minimum absolute atomic E-state index is 0.0841. The van der Waals surface area contributed by atoms with E-state index in [4.69, 9.17) is 5.73 Å². The van der Waals surface area contributed by atoms with Crippen molar-refractivity contribution in [1.29, 1.82) is 0 Å². The molecular weight excluding hydrogens is 236 g/mol. The first-order chi connectivity index (χ1) is 8.92. The highest BCUT2D eigenvalue weighted by atomic mass is 15.2. The van der Waals surface area contributed by atoms with Crippen molar-refractivity contribution in [2.75, 3.05) is 31.7 Å². The Morgan fingerprint density at radius 1 is 1.21 bits per heavy atom. The van der Waals surface area contributed by atoms with Crippen molar-refractivity contribution >= 4 is 22.1 Å². The summed E-state index contributed by atoms with van der Waals surface area (Å²) in [6, 6.07) is 5.95. The Morgan fingerprint density at radius 3 is 2.63 bits per heavy atom. The van der Waals surface area contributed by atoms with Crippen molar-refractivity contribution in [3.05, 3.63) is 30.6 Å². The maximum atomic E-state index is 5.98. The van der Waals surface area contributed by atoms with Crippen molar-refractivity contribution in [2.24, 2.45) is 0 Å². The van der Waals surface area contributed by atoms with E-state index in [9.17, 15) is 0 Å². The number of hydrogen-bond donors (Lipinski definition) is 2. The summed E-state index contributed by atoms with van der Waals surface area (Å²) in [5.74, 6) is 0. The van der Waals surface area contributed by atoms with Gasteiger partial charge in [-0.05, 0) is 46.1 Å². The van der Waals surface area contributed by atoms with Gasteiger partial charge in [0.2, 0.25) is 0 Å². The Balaban J connectivity index is 2.29. The third-order valence-electron chi connectivity index (χ3n) is 3.77. The Labute approximate surface area is 114 Å². The molecule has 0 spiro atoms. The Kier molecular flexibility index (Phi) is 3.62. The van der Waals surface area contributed by atoms with Crippen LogP contribution in [-0.2, 0) is 0 Å². The first-order valence-electron chi connectivity index (χ1n) is 6.45. The van der Waals surface area contributed by atoms with Gasteiger partial charge in [0, 0.05) is 46.6 Å². The summed E-state index contributed by atoms with van der Waals surface area (Å²) in [6.07, 6.45) is 3.61. The van der Waals surface area contributed by atoms with Crippen LogP contribution < -0.4 is 11.1 Å². The monoisotopic (exact) mass is 258 g/mol. The fourth-order valence-electron chi connectivity index (χ4n) is 1.84. The summed E-state index contributed by atoms with van der Waals surface area (Å²) in [7, 11) is 4.18. The summed E-state index contributed by atoms with van der Waals surface area (Å²) in [5, 5.41) is 5.62. The third kappa shape index (κ3) is 2.79. The SMILES string of the molecule is CN(C)C(C)(C)CNc1ccc(N)c2cnccc12. The number of hydrogen-bond acceptors (Lipinski definition) is 4. The second-order valence-electron chi connectivity index (χ2n) is 5.68. The molecule has 3 N–H and O–H groups in total. The second kappa shape index (κ2) is 5.05. The summed E-state index contributed by atoms with van der Waals surface area (Å²) in [5.41, 5.74) is 7.93. The van der Waals surface area contributed by atoms with Crippen LogP contribution >= 0.6 is 0 Å². The van der Waals surface area contributed by atoms with Crippen LogP contribution in [0, 0.1) is 0 Å². The normalized spacial score (nSPS) is 12.1. The molecule has 0 saturated heterocycles. The van der Waals surface area contributed by atoms with Crippen LogP contribution in [0.3, 0.4) is 0 Å². The summed E-state index contributed by atoms with van der Waals surface area (Å²) in [6.45, 7) is 5.28. The second-order valence-corrected chi connectivity index (χ2v) is 5.68. The molecule has 0 amide bonds. The number of nitrogens with zero attached hydrogens (tertiary/aromatic N) is 2. The predicted octanol–water partition coefficient (Wildman–Crippen LogP) is 2.57. The van der Waals surface area contributed by atoms with Gasteiger partial charge in [0.05, 0.1) is 0 Å². The van der Waals surface area contributed by atoms with Gasteiger partial charge >= 0.3 is 0 Å². The highest BCUT2D eigenvalue weighted by molar-refractivity contribution is 6.00. The molecule has 0 bridgehead atoms. The van der Waals surface area contributed by atoms with Gasteiger partial charge in [-0.15, -0.1) is 0 Å². The van der Waals surface area contributed by atoms with Gasteiger partial charge in [-0.2, -0.15) is 0 Å². The number of benzene rings is 1. The fourth-order valence-corrected chi connectivity index (χ4v) is 1.84. The van der Waals surface area contributed by atoms with Gasteiger partial charge in [0.25, 0.3) is 0 Å². The Bertz CT molecular complexity index is 575. The number of nitrogen functional groups attached to an aromatic ring is 1. The fraction of sp³-hybridized carbons (Fsp3) is 0.400. The van der Waals surface area contributed by atoms with Crippen LogP contribution in [0.2, 0.25) is 0 Å². The van der Waals surface area contributed by atoms with E-state index in [-0.39, 0.29) is 5.54 Å². The lowest BCUT2D eigenvalue weighted by atomic mass is 10.0. The van der Waals surface area contributed by atoms with Gasteiger partial charge in [-0.25, -0.2) is 0 Å². The number of anilines is 2. The molecule has 4 nitrogen and oxygen atoms in total. The third-order valence-corrected chi connectivity index (χ3v) is 3.77. The number of nitrogens with two attached hydrogens (primary N) is 1. The van der Waals surface area contributed by atoms with Gasteiger partial charge in [0.15, 0.2) is 0 Å². The van der Waals surface area contributed by atoms with E-state index in [2.05, 4.69) is 43.1 Å². The number of nitrogens with one attached hydrogen (secondary N) is 1. The van der Waals surface area contributed by atoms with Gasteiger partial charge in [-0.1, -0.05) is 0 Å². The van der Waals surface area contributed by atoms with Crippen molar-refractivity contribution < 1.29 is 0 Å². The number of aromatic nitrogens is 1. The Hall–Kier alpha value is -1.81. The van der Waals surface area contributed by atoms with E-state index in [0.717, 1.165) is 28.7 Å². The van der Waals surface area contributed by atoms with Crippen LogP contribution in [-0.4, -0.2) is 36.1 Å². The van der Waals surface area contributed by atoms with Crippen LogP contribution in [0.15, 0.2) is 30.6 Å². The van der Waals surface area contributed by atoms with Crippen molar-refractivity contribution in [2.45, 2.75) is 19.4 Å². The summed E-state index contributed by atoms with van der Waals surface area (Å²) in [4.78, 5) is 6.35. The lowest BCUT2D eigenvalue weighted by Crippen LogP contribution is -2.44. The van der Waals surface area contributed by atoms with Crippen LogP contribution in [0.5, 0.6) is 0 Å². The van der Waals surface area contributed by atoms with E-state index >= 15 is 0 Å². The Morgan fingerprint density at radius 2 is 1.95 bits per heavy atom. The number of fused-ring (bicyclic) bond motifs is 1. The molecule has 0 aliphatic heterocycles. The minimum Gasteiger partial charge on any atom is -0.398 e. The number of likely N-dealkylation sites (N-methyl/N-ethyl adjacent to an activating group) is 1. The van der Waals surface area contributed by atoms with E-state index in [0.29, 0.717) is 0 Å². The zero-order valence-electron chi connectivity index (χ0n) is 12.1. The average Bonchev–Trinajstić information content (AvgIpc) is 2.38. The smallest absolute Gasteiger partial charge is 0.0423 e. The zero-order valence-corrected chi connectivity index (χ0v) is 12.1. The lowest BCUT2D eigenvalue weighted by Gasteiger charge is -2.33. The van der Waals surface area contributed by atoms with E-state index in [1.54, 1.807) is 6.20 Å². The predicted molar refractivity (Wildman–Crippen MR) is 82.4 cm³/mol. The highest BCUT2D eigenvalue weighted by Gasteiger charge is 2.20. The van der Waals surface area contributed by atoms with Crippen LogP contribution in [0.1, 0.15) is 13.8 Å². The largest absolute Gasteiger partial charge is 0.398 e. The molecule has 0 unspecified atom stereocenters. The molecule has 19 heavy (non-hydrogen) atoms. The van der Waals surface area contributed by atoms with Crippen LogP contribution in [0.4, 0.5) is 11.4 Å². The van der Waals surface area contributed by atoms with Crippen molar-refractivity contribution in [3.8, 4) is 0 Å². The molecule has 0 radical (unpaired) electrons. The summed E-state index contributed by atoms with van der Waals surface area (Å²) < 4.78 is 0. The van der Waals surface area contributed by atoms with Gasteiger partial charge in [-0.3, -0.25) is 4.98 Å². The van der Waals surface area contributed by atoms with Gasteiger partial charge < -0.3 is 16.0 Å². The molecule has 0 saturated carbocycles. The molecule has 2 aromatic rings. The maximum absolute atomic E-state index is 5.98. The van der Waals surface area contributed by atoms with Crippen molar-refractivity contribution in [3.63, 3.8) is 0 Å². The average molecular weight is 258 g/mol. The highest BCUT2D eigenvalue weighted by Crippen LogP contribution is 2.27. The molecule has 1 heterocycles. The minimum atomic E-state index is 0.0841. The van der Waals surface area contributed by atoms with E-state index < -0.39 is 0 Å². The molecule has 0 aliphatic rings. The molecule has 0 aliphatic carbocycles. The first kappa shape index (κ1) is 13.6. The van der Waals surface area contributed by atoms with Gasteiger partial charge in [0.1, 0.15) is 0 Å². The molecule has 102 valence electrons. The van der Waals surface area contributed by atoms with Crippen LogP contribution in [0.25, 0.3) is 10.8 Å². The molecule has 4 heteroatoms.